The number of para-hydroxylation sites is 1. The van der Waals surface area contributed by atoms with Gasteiger partial charge in [-0.2, -0.15) is 0 Å². The molecule has 1 atom stereocenters. The highest BCUT2D eigenvalue weighted by Gasteiger charge is 2.17. The predicted octanol–water partition coefficient (Wildman–Crippen LogP) is 4.40. The Kier molecular flexibility index (Phi) is 6.13. The Morgan fingerprint density at radius 2 is 1.78 bits per heavy atom. The Morgan fingerprint density at radius 3 is 2.39 bits per heavy atom. The first-order chi connectivity index (χ1) is 11.0. The van der Waals surface area contributed by atoms with E-state index in [1.54, 1.807) is 30.3 Å². The molecular formula is C18H20ClFN2O. The molecule has 3 nitrogen and oxygen atoms in total. The third kappa shape index (κ3) is 5.05. The summed E-state index contributed by atoms with van der Waals surface area (Å²) in [5.41, 5.74) is 1.54. The molecule has 0 heterocycles. The molecule has 0 spiro atoms. The largest absolute Gasteiger partial charge is 0.324 e. The second-order valence-electron chi connectivity index (χ2n) is 5.68. The van der Waals surface area contributed by atoms with Gasteiger partial charge in [0.15, 0.2) is 0 Å². The molecule has 2 rings (SSSR count). The van der Waals surface area contributed by atoms with Crippen LogP contribution in [0.5, 0.6) is 0 Å². The summed E-state index contributed by atoms with van der Waals surface area (Å²) in [4.78, 5) is 12.1. The number of carbonyl (C=O) groups excluding carboxylic acids is 1. The molecule has 2 aromatic rings. The number of rotatable bonds is 6. The van der Waals surface area contributed by atoms with Gasteiger partial charge < -0.3 is 10.6 Å². The summed E-state index contributed by atoms with van der Waals surface area (Å²) in [6.45, 7) is 4.24. The SMILES string of the molecule is CC(C)[C@H](NCC(=O)Nc1ccccc1Cl)c1ccc(F)cc1. The summed E-state index contributed by atoms with van der Waals surface area (Å²) in [6.07, 6.45) is 0. The highest BCUT2D eigenvalue weighted by Crippen LogP contribution is 2.22. The maximum Gasteiger partial charge on any atom is 0.238 e. The van der Waals surface area contributed by atoms with Gasteiger partial charge in [-0.05, 0) is 35.7 Å². The van der Waals surface area contributed by atoms with Crippen LogP contribution in [-0.2, 0) is 4.79 Å². The lowest BCUT2D eigenvalue weighted by molar-refractivity contribution is -0.115. The van der Waals surface area contributed by atoms with Crippen LogP contribution in [0.4, 0.5) is 10.1 Å². The van der Waals surface area contributed by atoms with Crippen molar-refractivity contribution in [1.82, 2.24) is 5.32 Å². The average Bonchev–Trinajstić information content (AvgIpc) is 2.51. The van der Waals surface area contributed by atoms with Gasteiger partial charge in [-0.25, -0.2) is 4.39 Å². The van der Waals surface area contributed by atoms with E-state index in [1.807, 2.05) is 19.9 Å². The molecule has 0 bridgehead atoms. The van der Waals surface area contributed by atoms with Gasteiger partial charge in [0, 0.05) is 6.04 Å². The summed E-state index contributed by atoms with van der Waals surface area (Å²) in [5, 5.41) is 6.49. The minimum atomic E-state index is -0.271. The van der Waals surface area contributed by atoms with Crippen LogP contribution in [0.1, 0.15) is 25.5 Å². The molecule has 0 aromatic heterocycles. The number of benzene rings is 2. The second-order valence-corrected chi connectivity index (χ2v) is 6.09. The van der Waals surface area contributed by atoms with Crippen molar-refractivity contribution in [3.63, 3.8) is 0 Å². The van der Waals surface area contributed by atoms with E-state index in [1.165, 1.54) is 12.1 Å². The molecule has 0 radical (unpaired) electrons. The van der Waals surface area contributed by atoms with Crippen molar-refractivity contribution in [2.24, 2.45) is 5.92 Å². The van der Waals surface area contributed by atoms with Gasteiger partial charge in [0.2, 0.25) is 5.91 Å². The standard InChI is InChI=1S/C18H20ClFN2O/c1-12(2)18(13-7-9-14(20)10-8-13)21-11-17(23)22-16-6-4-3-5-15(16)19/h3-10,12,18,21H,11H2,1-2H3,(H,22,23)/t18-/m0/s1. The smallest absolute Gasteiger partial charge is 0.238 e. The Balaban J connectivity index is 1.97. The Morgan fingerprint density at radius 1 is 1.13 bits per heavy atom. The van der Waals surface area contributed by atoms with E-state index in [9.17, 15) is 9.18 Å². The summed E-state index contributed by atoms with van der Waals surface area (Å²) < 4.78 is 13.0. The summed E-state index contributed by atoms with van der Waals surface area (Å²) in [6, 6.07) is 13.4. The molecule has 0 unspecified atom stereocenters. The van der Waals surface area contributed by atoms with Crippen molar-refractivity contribution < 1.29 is 9.18 Å². The van der Waals surface area contributed by atoms with E-state index >= 15 is 0 Å². The first kappa shape index (κ1) is 17.4. The number of anilines is 1. The first-order valence-electron chi connectivity index (χ1n) is 7.50. The lowest BCUT2D eigenvalue weighted by Gasteiger charge is -2.23. The number of hydrogen-bond donors (Lipinski definition) is 2. The molecule has 0 aliphatic heterocycles. The molecule has 1 amide bonds. The van der Waals surface area contributed by atoms with Crippen molar-refractivity contribution in [3.05, 3.63) is 64.9 Å². The van der Waals surface area contributed by atoms with Crippen LogP contribution in [0, 0.1) is 11.7 Å². The van der Waals surface area contributed by atoms with E-state index in [0.717, 1.165) is 5.56 Å². The zero-order chi connectivity index (χ0) is 16.8. The number of carbonyl (C=O) groups is 1. The van der Waals surface area contributed by atoms with Gasteiger partial charge in [0.25, 0.3) is 0 Å². The summed E-state index contributed by atoms with van der Waals surface area (Å²) in [7, 11) is 0. The van der Waals surface area contributed by atoms with Gasteiger partial charge in [-0.1, -0.05) is 49.7 Å². The van der Waals surface area contributed by atoms with Crippen molar-refractivity contribution >= 4 is 23.2 Å². The average molecular weight is 335 g/mol. The van der Waals surface area contributed by atoms with Gasteiger partial charge in [-0.15, -0.1) is 0 Å². The van der Waals surface area contributed by atoms with Gasteiger partial charge in [0.05, 0.1) is 17.3 Å². The van der Waals surface area contributed by atoms with E-state index in [4.69, 9.17) is 11.6 Å². The minimum Gasteiger partial charge on any atom is -0.324 e. The Labute approximate surface area is 140 Å². The molecule has 23 heavy (non-hydrogen) atoms. The zero-order valence-corrected chi connectivity index (χ0v) is 13.9. The molecule has 2 aromatic carbocycles. The van der Waals surface area contributed by atoms with Crippen LogP contribution in [0.15, 0.2) is 48.5 Å². The van der Waals surface area contributed by atoms with Crippen LogP contribution in [0.25, 0.3) is 0 Å². The van der Waals surface area contributed by atoms with E-state index in [-0.39, 0.29) is 30.2 Å². The molecule has 5 heteroatoms. The van der Waals surface area contributed by atoms with Crippen LogP contribution < -0.4 is 10.6 Å². The molecular weight excluding hydrogens is 315 g/mol. The highest BCUT2D eigenvalue weighted by atomic mass is 35.5. The quantitative estimate of drug-likeness (QED) is 0.821. The second kappa shape index (κ2) is 8.09. The maximum absolute atomic E-state index is 13.0. The summed E-state index contributed by atoms with van der Waals surface area (Å²) in [5.74, 6) is -0.188. The van der Waals surface area contributed by atoms with Crippen molar-refractivity contribution in [2.75, 3.05) is 11.9 Å². The highest BCUT2D eigenvalue weighted by molar-refractivity contribution is 6.33. The molecule has 2 N–H and O–H groups in total. The van der Waals surface area contributed by atoms with Crippen LogP contribution in [-0.4, -0.2) is 12.5 Å². The van der Waals surface area contributed by atoms with Gasteiger partial charge >= 0.3 is 0 Å². The molecule has 0 saturated heterocycles. The molecule has 0 saturated carbocycles. The van der Waals surface area contributed by atoms with Crippen LogP contribution in [0.2, 0.25) is 5.02 Å². The normalized spacial score (nSPS) is 12.2. The molecule has 0 aliphatic rings. The van der Waals surface area contributed by atoms with Crippen LogP contribution >= 0.6 is 11.6 Å². The van der Waals surface area contributed by atoms with E-state index < -0.39 is 0 Å². The summed E-state index contributed by atoms with van der Waals surface area (Å²) >= 11 is 6.02. The van der Waals surface area contributed by atoms with Crippen molar-refractivity contribution in [3.8, 4) is 0 Å². The third-order valence-corrected chi connectivity index (χ3v) is 3.86. The molecule has 122 valence electrons. The van der Waals surface area contributed by atoms with E-state index in [0.29, 0.717) is 10.7 Å². The van der Waals surface area contributed by atoms with Gasteiger partial charge in [0.1, 0.15) is 5.82 Å². The topological polar surface area (TPSA) is 41.1 Å². The number of amides is 1. The molecule has 0 aliphatic carbocycles. The Bertz CT molecular complexity index is 658. The third-order valence-electron chi connectivity index (χ3n) is 3.53. The maximum atomic E-state index is 13.0. The van der Waals surface area contributed by atoms with Crippen molar-refractivity contribution in [2.45, 2.75) is 19.9 Å². The first-order valence-corrected chi connectivity index (χ1v) is 7.88. The number of nitrogens with one attached hydrogen (secondary N) is 2. The van der Waals surface area contributed by atoms with Crippen molar-refractivity contribution in [1.29, 1.82) is 0 Å². The monoisotopic (exact) mass is 334 g/mol. The number of hydrogen-bond acceptors (Lipinski definition) is 2. The van der Waals surface area contributed by atoms with Crippen LogP contribution in [0.3, 0.4) is 0 Å². The fourth-order valence-corrected chi connectivity index (χ4v) is 2.55. The lowest BCUT2D eigenvalue weighted by atomic mass is 9.96. The molecule has 0 fully saturated rings. The Hall–Kier alpha value is -1.91. The fraction of sp³-hybridized carbons (Fsp3) is 0.278. The lowest BCUT2D eigenvalue weighted by Crippen LogP contribution is -2.33. The minimum absolute atomic E-state index is 0.0346. The predicted molar refractivity (Wildman–Crippen MR) is 92.1 cm³/mol. The zero-order valence-electron chi connectivity index (χ0n) is 13.1. The fourth-order valence-electron chi connectivity index (χ4n) is 2.37. The van der Waals surface area contributed by atoms with Gasteiger partial charge in [-0.3, -0.25) is 4.79 Å². The number of halogens is 2. The van der Waals surface area contributed by atoms with E-state index in [2.05, 4.69) is 10.6 Å².